The molecule has 0 radical (unpaired) electrons. The number of quaternary nitrogens is 1. The number of carboxylic acids is 1. The summed E-state index contributed by atoms with van der Waals surface area (Å²) in [7, 11) is 5.91. The molecule has 2 atom stereocenters. The molecule has 0 aliphatic rings. The van der Waals surface area contributed by atoms with Crippen LogP contribution in [0.15, 0.2) is 72.9 Å². The molecule has 0 amide bonds. The van der Waals surface area contributed by atoms with E-state index in [0.717, 1.165) is 83.5 Å². The lowest BCUT2D eigenvalue weighted by Crippen LogP contribution is -2.44. The van der Waals surface area contributed by atoms with E-state index in [9.17, 15) is 19.5 Å². The molecule has 0 aromatic carbocycles. The van der Waals surface area contributed by atoms with E-state index in [1.807, 2.05) is 21.1 Å². The number of hydrogen-bond acceptors (Lipinski definition) is 8. The summed E-state index contributed by atoms with van der Waals surface area (Å²) in [4.78, 5) is 37.2. The summed E-state index contributed by atoms with van der Waals surface area (Å²) < 4.78 is 22.6. The number of ether oxygens (including phenoxy) is 4. The molecule has 0 heterocycles. The SMILES string of the molecule is CCCCC/C=C\C/C=C\C/C=C\CCCCCCCCC(=O)OCC(COC(OCC[N+](C)(C)C)C(=O)[O-])OC(=O)CCCCCCCCCC/C=C\C/C=C\C/C=C\CCCCCCC. The molecule has 0 spiro atoms. The number of aliphatic carboxylic acids is 1. The van der Waals surface area contributed by atoms with Crippen LogP contribution >= 0.6 is 0 Å². The van der Waals surface area contributed by atoms with Crippen LogP contribution in [-0.4, -0.2) is 82.3 Å². The van der Waals surface area contributed by atoms with Crippen LogP contribution in [0.2, 0.25) is 0 Å². The van der Waals surface area contributed by atoms with Crippen molar-refractivity contribution in [2.24, 2.45) is 0 Å². The van der Waals surface area contributed by atoms with E-state index >= 15 is 0 Å². The minimum Gasteiger partial charge on any atom is -0.545 e. The van der Waals surface area contributed by atoms with Gasteiger partial charge in [-0.05, 0) is 89.9 Å². The van der Waals surface area contributed by atoms with Crippen molar-refractivity contribution in [3.63, 3.8) is 0 Å². The number of esters is 2. The smallest absolute Gasteiger partial charge is 0.306 e. The molecule has 0 N–H and O–H groups in total. The fraction of sp³-hybridized carbons (Fsp3) is 0.741. The van der Waals surface area contributed by atoms with Crippen molar-refractivity contribution >= 4 is 17.9 Å². The molecule has 0 fully saturated rings. The second-order valence-corrected chi connectivity index (χ2v) is 19.2. The van der Waals surface area contributed by atoms with E-state index in [-0.39, 0.29) is 38.6 Å². The van der Waals surface area contributed by atoms with Gasteiger partial charge in [-0.3, -0.25) is 9.59 Å². The number of carbonyl (C=O) groups excluding carboxylic acids is 3. The Bertz CT molecular complexity index is 1330. The first-order chi connectivity index (χ1) is 32.6. The van der Waals surface area contributed by atoms with Crippen molar-refractivity contribution in [3.8, 4) is 0 Å². The highest BCUT2D eigenvalue weighted by Crippen LogP contribution is 2.14. The highest BCUT2D eigenvalue weighted by molar-refractivity contribution is 5.70. The molecule has 0 saturated heterocycles. The Labute approximate surface area is 411 Å². The first kappa shape index (κ1) is 63.7. The molecule has 0 saturated carbocycles. The zero-order chi connectivity index (χ0) is 49.2. The lowest BCUT2D eigenvalue weighted by molar-refractivity contribution is -0.870. The predicted octanol–water partition coefficient (Wildman–Crippen LogP) is 14.1. The normalized spacial score (nSPS) is 13.4. The zero-order valence-corrected chi connectivity index (χ0v) is 43.8. The average molecular weight is 940 g/mol. The molecule has 9 heteroatoms. The summed E-state index contributed by atoms with van der Waals surface area (Å²) >= 11 is 0. The van der Waals surface area contributed by atoms with Gasteiger partial charge in [-0.2, -0.15) is 0 Å². The van der Waals surface area contributed by atoms with E-state index in [1.165, 1.54) is 103 Å². The Hall–Kier alpha value is -3.27. The maximum Gasteiger partial charge on any atom is 0.306 e. The standard InChI is InChI=1S/C58H101NO8/c1-6-8-10-12-14-16-18-20-22-24-26-27-28-29-31-33-35-37-39-41-43-45-47-49-56(61)67-54(53-66-58(57(62)63)64-51-50-59(3,4)5)52-65-55(60)48-46-44-42-40-38-36-34-32-30-25-23-21-19-17-15-13-11-9-7-2/h15,17-18,20-21,23-24,26,28-30,32,54,58H,6-14,16,19,22,25,27,31,33-53H2,1-5H3/b17-15-,20-18-,23-21-,26-24-,29-28-,32-30-. The minimum atomic E-state index is -1.63. The van der Waals surface area contributed by atoms with E-state index in [1.54, 1.807) is 0 Å². The number of unbranched alkanes of at least 4 members (excludes halogenated alkanes) is 22. The lowest BCUT2D eigenvalue weighted by Gasteiger charge is -2.26. The number of allylic oxidation sites excluding steroid dienone is 12. The number of likely N-dealkylation sites (N-methyl/N-ethyl adjacent to an activating group) is 1. The number of rotatable bonds is 49. The van der Waals surface area contributed by atoms with Crippen LogP contribution in [0.5, 0.6) is 0 Å². The molecular formula is C58H101NO8. The Kier molecular flexibility index (Phi) is 46.8. The second-order valence-electron chi connectivity index (χ2n) is 19.2. The summed E-state index contributed by atoms with van der Waals surface area (Å²) in [6.45, 7) is 4.68. The van der Waals surface area contributed by atoms with E-state index in [4.69, 9.17) is 18.9 Å². The zero-order valence-electron chi connectivity index (χ0n) is 43.8. The lowest BCUT2D eigenvalue weighted by atomic mass is 10.1. The number of nitrogens with zero attached hydrogens (tertiary/aromatic N) is 1. The van der Waals surface area contributed by atoms with Crippen molar-refractivity contribution in [1.82, 2.24) is 0 Å². The van der Waals surface area contributed by atoms with Crippen LogP contribution < -0.4 is 5.11 Å². The van der Waals surface area contributed by atoms with Gasteiger partial charge in [0.05, 0.1) is 40.3 Å². The van der Waals surface area contributed by atoms with Gasteiger partial charge in [0.15, 0.2) is 12.4 Å². The van der Waals surface area contributed by atoms with Gasteiger partial charge in [0.2, 0.25) is 0 Å². The topological polar surface area (TPSA) is 111 Å². The molecule has 0 rings (SSSR count). The van der Waals surface area contributed by atoms with E-state index < -0.39 is 24.3 Å². The third-order valence-electron chi connectivity index (χ3n) is 11.4. The van der Waals surface area contributed by atoms with E-state index in [2.05, 4.69) is 86.8 Å². The van der Waals surface area contributed by atoms with Crippen molar-refractivity contribution in [2.75, 3.05) is 47.5 Å². The second kappa shape index (κ2) is 49.2. The maximum absolute atomic E-state index is 12.8. The fourth-order valence-electron chi connectivity index (χ4n) is 7.20. The molecule has 9 nitrogen and oxygen atoms in total. The summed E-state index contributed by atoms with van der Waals surface area (Å²) in [5.74, 6) is -2.31. The average Bonchev–Trinajstić information content (AvgIpc) is 3.29. The van der Waals surface area contributed by atoms with Crippen LogP contribution in [0, 0.1) is 0 Å². The van der Waals surface area contributed by atoms with Gasteiger partial charge in [-0.1, -0.05) is 189 Å². The summed E-state index contributed by atoms with van der Waals surface area (Å²) in [6, 6.07) is 0. The Morgan fingerprint density at radius 2 is 0.806 bits per heavy atom. The Morgan fingerprint density at radius 3 is 1.22 bits per heavy atom. The van der Waals surface area contributed by atoms with Crippen LogP contribution in [0.3, 0.4) is 0 Å². The first-order valence-electron chi connectivity index (χ1n) is 27.1. The van der Waals surface area contributed by atoms with Gasteiger partial charge >= 0.3 is 11.9 Å². The number of hydrogen-bond donors (Lipinski definition) is 0. The molecule has 0 bridgehead atoms. The quantitative estimate of drug-likeness (QED) is 0.0195. The predicted molar refractivity (Wildman–Crippen MR) is 278 cm³/mol. The summed E-state index contributed by atoms with van der Waals surface area (Å²) in [6.07, 6.45) is 59.3. The Balaban J connectivity index is 4.36. The van der Waals surface area contributed by atoms with Crippen LogP contribution in [-0.2, 0) is 33.3 Å². The molecule has 0 aromatic rings. The molecule has 386 valence electrons. The van der Waals surface area contributed by atoms with Gasteiger partial charge < -0.3 is 33.3 Å². The molecule has 0 aromatic heterocycles. The van der Waals surface area contributed by atoms with Gasteiger partial charge in [-0.25, -0.2) is 0 Å². The van der Waals surface area contributed by atoms with Crippen molar-refractivity contribution in [1.29, 1.82) is 0 Å². The molecule has 2 unspecified atom stereocenters. The number of carboxylic acid groups (broad SMARTS) is 1. The fourth-order valence-corrected chi connectivity index (χ4v) is 7.20. The van der Waals surface area contributed by atoms with Crippen molar-refractivity contribution in [2.45, 2.75) is 232 Å². The molecular weight excluding hydrogens is 839 g/mol. The summed E-state index contributed by atoms with van der Waals surface area (Å²) in [5, 5.41) is 11.8. The van der Waals surface area contributed by atoms with Crippen LogP contribution in [0.4, 0.5) is 0 Å². The van der Waals surface area contributed by atoms with Crippen LogP contribution in [0.25, 0.3) is 0 Å². The molecule has 0 aliphatic heterocycles. The monoisotopic (exact) mass is 940 g/mol. The third kappa shape index (κ3) is 50.4. The number of carbonyl (C=O) groups is 3. The largest absolute Gasteiger partial charge is 0.545 e. The van der Waals surface area contributed by atoms with E-state index in [0.29, 0.717) is 17.4 Å². The maximum atomic E-state index is 12.8. The van der Waals surface area contributed by atoms with Crippen molar-refractivity contribution < 1.29 is 42.9 Å². The molecule has 67 heavy (non-hydrogen) atoms. The first-order valence-corrected chi connectivity index (χ1v) is 27.1. The van der Waals surface area contributed by atoms with Gasteiger partial charge in [-0.15, -0.1) is 0 Å². The Morgan fingerprint density at radius 1 is 0.448 bits per heavy atom. The van der Waals surface area contributed by atoms with Gasteiger partial charge in [0.25, 0.3) is 0 Å². The summed E-state index contributed by atoms with van der Waals surface area (Å²) in [5.41, 5.74) is 0. The minimum absolute atomic E-state index is 0.140. The van der Waals surface area contributed by atoms with Crippen LogP contribution in [0.1, 0.15) is 219 Å². The third-order valence-corrected chi connectivity index (χ3v) is 11.4. The highest BCUT2D eigenvalue weighted by atomic mass is 16.7. The molecule has 0 aliphatic carbocycles. The van der Waals surface area contributed by atoms with Gasteiger partial charge in [0, 0.05) is 12.8 Å². The van der Waals surface area contributed by atoms with Crippen molar-refractivity contribution in [3.05, 3.63) is 72.9 Å². The van der Waals surface area contributed by atoms with Gasteiger partial charge in [0.1, 0.15) is 13.2 Å². The highest BCUT2D eigenvalue weighted by Gasteiger charge is 2.22.